The lowest BCUT2D eigenvalue weighted by Gasteiger charge is -2.33. The van der Waals surface area contributed by atoms with Crippen LogP contribution in [0.5, 0.6) is 0 Å². The zero-order chi connectivity index (χ0) is 28.6. The normalized spacial score (nSPS) is 15.0. The Morgan fingerprint density at radius 3 is 2.28 bits per heavy atom. The molecule has 1 aliphatic carbocycles. The van der Waals surface area contributed by atoms with Gasteiger partial charge in [0.2, 0.25) is 21.8 Å². The van der Waals surface area contributed by atoms with Crippen molar-refractivity contribution in [3.63, 3.8) is 0 Å². The molecular weight excluding hydrogens is 534 g/mol. The average molecular weight is 576 g/mol. The third-order valence-corrected chi connectivity index (χ3v) is 8.85. The summed E-state index contributed by atoms with van der Waals surface area (Å²) in [6.07, 6.45) is 7.37. The van der Waals surface area contributed by atoms with E-state index in [4.69, 9.17) is 11.6 Å². The molecule has 0 radical (unpaired) electrons. The van der Waals surface area contributed by atoms with E-state index in [0.717, 1.165) is 42.4 Å². The zero-order valence-electron chi connectivity index (χ0n) is 23.6. The van der Waals surface area contributed by atoms with E-state index in [1.165, 1.54) is 17.0 Å². The van der Waals surface area contributed by atoms with Crippen molar-refractivity contribution in [3.8, 4) is 0 Å². The van der Waals surface area contributed by atoms with Gasteiger partial charge < -0.3 is 10.2 Å². The highest BCUT2D eigenvalue weighted by atomic mass is 35.5. The largest absolute Gasteiger partial charge is 0.352 e. The van der Waals surface area contributed by atoms with Crippen LogP contribution in [0, 0.1) is 13.8 Å². The second-order valence-electron chi connectivity index (χ2n) is 10.7. The van der Waals surface area contributed by atoms with Crippen molar-refractivity contribution in [2.24, 2.45) is 0 Å². The molecule has 0 bridgehead atoms. The molecule has 39 heavy (non-hydrogen) atoms. The minimum atomic E-state index is -3.55. The van der Waals surface area contributed by atoms with Gasteiger partial charge in [0, 0.05) is 30.6 Å². The monoisotopic (exact) mass is 575 g/mol. The first kappa shape index (κ1) is 31.0. The van der Waals surface area contributed by atoms with E-state index in [9.17, 15) is 18.0 Å². The fourth-order valence-corrected chi connectivity index (χ4v) is 6.52. The molecule has 2 aromatic rings. The lowest BCUT2D eigenvalue weighted by Crippen LogP contribution is -2.51. The Labute approximate surface area is 239 Å². The van der Waals surface area contributed by atoms with Gasteiger partial charge in [-0.25, -0.2) is 8.42 Å². The summed E-state index contributed by atoms with van der Waals surface area (Å²) >= 11 is 6.43. The van der Waals surface area contributed by atoms with Crippen molar-refractivity contribution in [2.45, 2.75) is 90.8 Å². The fraction of sp³-hybridized carbons (Fsp3) is 0.533. The molecule has 2 amide bonds. The third kappa shape index (κ3) is 8.97. The Hall–Kier alpha value is -2.58. The first-order chi connectivity index (χ1) is 18.5. The maximum atomic E-state index is 13.7. The Bertz CT molecular complexity index is 1220. The smallest absolute Gasteiger partial charge is 0.243 e. The van der Waals surface area contributed by atoms with Gasteiger partial charge in [0.15, 0.2) is 0 Å². The van der Waals surface area contributed by atoms with Crippen LogP contribution in [-0.2, 0) is 26.2 Å². The van der Waals surface area contributed by atoms with Gasteiger partial charge in [-0.05, 0) is 74.4 Å². The standard InChI is InChI=1S/C30H42ClN3O4S/c1-5-28(30(36)32-25-13-7-6-8-14-25)33(21-24-12-9-10-15-27(24)31)29(35)16-11-17-34(39(4,37)38)26-19-22(2)18-23(3)20-26/h9-10,12,15,18-20,25,28H,5-8,11,13-14,16-17,21H2,1-4H3,(H,32,36)/t28-/m1/s1. The van der Waals surface area contributed by atoms with Crippen LogP contribution < -0.4 is 9.62 Å². The summed E-state index contributed by atoms with van der Waals surface area (Å²) in [5.41, 5.74) is 3.30. The molecule has 0 unspecified atom stereocenters. The highest BCUT2D eigenvalue weighted by Gasteiger charge is 2.31. The van der Waals surface area contributed by atoms with Gasteiger partial charge in [-0.2, -0.15) is 0 Å². The van der Waals surface area contributed by atoms with Gasteiger partial charge in [0.1, 0.15) is 6.04 Å². The van der Waals surface area contributed by atoms with Crippen molar-refractivity contribution in [3.05, 3.63) is 64.2 Å². The SMILES string of the molecule is CC[C@H](C(=O)NC1CCCCC1)N(Cc1ccccc1Cl)C(=O)CCCN(c1cc(C)cc(C)c1)S(C)(=O)=O. The number of hydrogen-bond acceptors (Lipinski definition) is 4. The Morgan fingerprint density at radius 2 is 1.69 bits per heavy atom. The molecule has 1 N–H and O–H groups in total. The van der Waals surface area contributed by atoms with Gasteiger partial charge in [0.05, 0.1) is 11.9 Å². The maximum Gasteiger partial charge on any atom is 0.243 e. The molecule has 3 rings (SSSR count). The van der Waals surface area contributed by atoms with Gasteiger partial charge in [-0.15, -0.1) is 0 Å². The predicted molar refractivity (Wildman–Crippen MR) is 158 cm³/mol. The number of aryl methyl sites for hydroxylation is 2. The van der Waals surface area contributed by atoms with Crippen molar-refractivity contribution in [1.82, 2.24) is 10.2 Å². The van der Waals surface area contributed by atoms with Crippen LogP contribution in [0.3, 0.4) is 0 Å². The molecular formula is C30H42ClN3O4S. The quantitative estimate of drug-likeness (QED) is 0.349. The van der Waals surface area contributed by atoms with E-state index in [-0.39, 0.29) is 37.4 Å². The molecule has 9 heteroatoms. The molecule has 1 fully saturated rings. The van der Waals surface area contributed by atoms with E-state index in [2.05, 4.69) is 5.32 Å². The van der Waals surface area contributed by atoms with Gasteiger partial charge >= 0.3 is 0 Å². The van der Waals surface area contributed by atoms with Crippen LogP contribution in [0.4, 0.5) is 5.69 Å². The Kier molecular flexibility index (Phi) is 11.2. The second-order valence-corrected chi connectivity index (χ2v) is 13.0. The summed E-state index contributed by atoms with van der Waals surface area (Å²) in [6.45, 7) is 6.14. The van der Waals surface area contributed by atoms with E-state index in [0.29, 0.717) is 23.6 Å². The lowest BCUT2D eigenvalue weighted by atomic mass is 9.95. The van der Waals surface area contributed by atoms with Crippen LogP contribution in [0.1, 0.15) is 75.0 Å². The fourth-order valence-electron chi connectivity index (χ4n) is 5.37. The van der Waals surface area contributed by atoms with Crippen LogP contribution in [0.2, 0.25) is 5.02 Å². The van der Waals surface area contributed by atoms with Crippen LogP contribution in [0.25, 0.3) is 0 Å². The molecule has 1 saturated carbocycles. The maximum absolute atomic E-state index is 13.7. The van der Waals surface area contributed by atoms with E-state index in [1.807, 2.05) is 57.2 Å². The van der Waals surface area contributed by atoms with Crippen LogP contribution in [0.15, 0.2) is 42.5 Å². The summed E-state index contributed by atoms with van der Waals surface area (Å²) in [6, 6.07) is 12.5. The molecule has 0 aromatic heterocycles. The molecule has 7 nitrogen and oxygen atoms in total. The van der Waals surface area contributed by atoms with Crippen molar-refractivity contribution >= 4 is 39.1 Å². The molecule has 0 aliphatic heterocycles. The Balaban J connectivity index is 1.78. The molecule has 0 heterocycles. The molecule has 2 aromatic carbocycles. The number of carbonyl (C=O) groups excluding carboxylic acids is 2. The number of benzene rings is 2. The van der Waals surface area contributed by atoms with E-state index in [1.54, 1.807) is 11.0 Å². The highest BCUT2D eigenvalue weighted by Crippen LogP contribution is 2.24. The molecule has 0 spiro atoms. The van der Waals surface area contributed by atoms with Crippen molar-refractivity contribution < 1.29 is 18.0 Å². The van der Waals surface area contributed by atoms with Crippen LogP contribution >= 0.6 is 11.6 Å². The number of halogens is 1. The molecule has 1 atom stereocenters. The van der Waals surface area contributed by atoms with Crippen molar-refractivity contribution in [1.29, 1.82) is 0 Å². The number of amides is 2. The number of anilines is 1. The summed E-state index contributed by atoms with van der Waals surface area (Å²) in [7, 11) is -3.55. The lowest BCUT2D eigenvalue weighted by molar-refractivity contribution is -0.141. The minimum absolute atomic E-state index is 0.106. The molecule has 214 valence electrons. The zero-order valence-corrected chi connectivity index (χ0v) is 25.2. The number of rotatable bonds is 12. The number of sulfonamides is 1. The number of hydrogen-bond donors (Lipinski definition) is 1. The third-order valence-electron chi connectivity index (χ3n) is 7.28. The predicted octanol–water partition coefficient (Wildman–Crippen LogP) is 5.76. The van der Waals surface area contributed by atoms with Gasteiger partial charge in [0.25, 0.3) is 0 Å². The first-order valence-electron chi connectivity index (χ1n) is 13.9. The number of carbonyl (C=O) groups is 2. The number of nitrogens with zero attached hydrogens (tertiary/aromatic N) is 2. The topological polar surface area (TPSA) is 86.8 Å². The average Bonchev–Trinajstić information content (AvgIpc) is 2.86. The van der Waals surface area contributed by atoms with Crippen LogP contribution in [-0.4, -0.2) is 50.0 Å². The van der Waals surface area contributed by atoms with Crippen molar-refractivity contribution in [2.75, 3.05) is 17.1 Å². The first-order valence-corrected chi connectivity index (χ1v) is 16.1. The number of nitrogens with one attached hydrogen (secondary N) is 1. The molecule has 0 saturated heterocycles. The summed E-state index contributed by atoms with van der Waals surface area (Å²) < 4.78 is 26.6. The Morgan fingerprint density at radius 1 is 1.05 bits per heavy atom. The van der Waals surface area contributed by atoms with E-state index < -0.39 is 16.1 Å². The second kappa shape index (κ2) is 14.2. The molecule has 1 aliphatic rings. The van der Waals surface area contributed by atoms with Gasteiger partial charge in [-0.1, -0.05) is 62.1 Å². The highest BCUT2D eigenvalue weighted by molar-refractivity contribution is 7.92. The summed E-state index contributed by atoms with van der Waals surface area (Å²) in [5, 5.41) is 3.72. The van der Waals surface area contributed by atoms with Gasteiger partial charge in [-0.3, -0.25) is 13.9 Å². The van der Waals surface area contributed by atoms with E-state index >= 15 is 0 Å². The summed E-state index contributed by atoms with van der Waals surface area (Å²) in [4.78, 5) is 28.7. The minimum Gasteiger partial charge on any atom is -0.352 e. The summed E-state index contributed by atoms with van der Waals surface area (Å²) in [5.74, 6) is -0.341.